The predicted molar refractivity (Wildman–Crippen MR) is 47.3 cm³/mol. The van der Waals surface area contributed by atoms with E-state index in [9.17, 15) is 14.4 Å². The number of H-pyrrole nitrogens is 3. The van der Waals surface area contributed by atoms with Crippen molar-refractivity contribution in [3.05, 3.63) is 31.3 Å². The minimum absolute atomic E-state index is 0. The molecule has 0 bridgehead atoms. The van der Waals surface area contributed by atoms with E-state index in [1.54, 1.807) is 0 Å². The second-order valence-electron chi connectivity index (χ2n) is 2.50. The van der Waals surface area contributed by atoms with Crippen LogP contribution in [-0.4, -0.2) is 19.5 Å². The lowest BCUT2D eigenvalue weighted by Gasteiger charge is -1.90. The van der Waals surface area contributed by atoms with Gasteiger partial charge in [-0.2, -0.15) is 9.83 Å². The zero-order chi connectivity index (χ0) is 10.3. The zero-order valence-electron chi connectivity index (χ0n) is 7.03. The van der Waals surface area contributed by atoms with E-state index < -0.39 is 16.9 Å². The summed E-state index contributed by atoms with van der Waals surface area (Å²) in [4.78, 5) is 39.7. The van der Waals surface area contributed by atoms with Crippen LogP contribution in [0.4, 0.5) is 4.70 Å². The van der Waals surface area contributed by atoms with Crippen molar-refractivity contribution in [3.8, 4) is 6.19 Å². The largest absolute Gasteiger partial charge is 0.343 e. The molecule has 0 radical (unpaired) electrons. The van der Waals surface area contributed by atoms with Crippen LogP contribution >= 0.6 is 0 Å². The molecular formula is C6H4FN5O3. The average Bonchev–Trinajstić information content (AvgIpc) is 2.47. The molecule has 3 N–H and O–H groups in total. The molecular weight excluding hydrogens is 209 g/mol. The van der Waals surface area contributed by atoms with Crippen LogP contribution in [0.2, 0.25) is 0 Å². The summed E-state index contributed by atoms with van der Waals surface area (Å²) in [6, 6.07) is 0. The molecule has 0 spiro atoms. The predicted octanol–water partition coefficient (Wildman–Crippen LogP) is -1.81. The summed E-state index contributed by atoms with van der Waals surface area (Å²) in [6.07, 6.45) is 1.39. The van der Waals surface area contributed by atoms with Gasteiger partial charge >= 0.3 is 11.4 Å². The molecule has 78 valence electrons. The lowest BCUT2D eigenvalue weighted by Crippen LogP contribution is -2.32. The number of aromatic amines is 3. The van der Waals surface area contributed by atoms with Crippen molar-refractivity contribution in [1.29, 1.82) is 5.26 Å². The Bertz CT molecular complexity index is 711. The quantitative estimate of drug-likeness (QED) is 0.476. The molecule has 0 saturated heterocycles. The highest BCUT2D eigenvalue weighted by atomic mass is 19.0. The number of nitrogens with zero attached hydrogens (tertiary/aromatic N) is 2. The minimum atomic E-state index is -0.889. The monoisotopic (exact) mass is 213 g/mol. The Hall–Kier alpha value is -2.63. The highest BCUT2D eigenvalue weighted by Crippen LogP contribution is 1.90. The third kappa shape index (κ3) is 1.33. The van der Waals surface area contributed by atoms with Crippen LogP contribution in [0.1, 0.15) is 0 Å². The fourth-order valence-electron chi connectivity index (χ4n) is 1.10. The molecule has 9 heteroatoms. The zero-order valence-corrected chi connectivity index (χ0v) is 7.03. The van der Waals surface area contributed by atoms with Gasteiger partial charge in [-0.25, -0.2) is 9.59 Å². The first kappa shape index (κ1) is 10.5. The van der Waals surface area contributed by atoms with E-state index in [-0.39, 0.29) is 15.9 Å². The molecule has 15 heavy (non-hydrogen) atoms. The third-order valence-electron chi connectivity index (χ3n) is 1.68. The summed E-state index contributed by atoms with van der Waals surface area (Å²) in [6.45, 7) is 0. The number of aromatic nitrogens is 4. The van der Waals surface area contributed by atoms with Gasteiger partial charge in [0, 0.05) is 0 Å². The van der Waals surface area contributed by atoms with Gasteiger partial charge in [0.05, 0.1) is 0 Å². The lowest BCUT2D eigenvalue weighted by molar-refractivity contribution is 0.911. The SMILES string of the molecule is F.N#Cn1c(=O)[nH]c2[nH]c(=O)[nH]c2c1=O. The Kier molecular flexibility index (Phi) is 2.27. The van der Waals surface area contributed by atoms with Gasteiger partial charge in [-0.05, 0) is 0 Å². The van der Waals surface area contributed by atoms with E-state index in [0.717, 1.165) is 0 Å². The molecule has 0 aliphatic heterocycles. The number of halogens is 1. The van der Waals surface area contributed by atoms with Crippen molar-refractivity contribution >= 4 is 11.2 Å². The van der Waals surface area contributed by atoms with E-state index >= 15 is 0 Å². The van der Waals surface area contributed by atoms with Crippen LogP contribution in [0.15, 0.2) is 14.4 Å². The number of nitrogens with one attached hydrogen (secondary N) is 3. The first-order chi connectivity index (χ1) is 6.63. The van der Waals surface area contributed by atoms with Crippen molar-refractivity contribution in [1.82, 2.24) is 19.5 Å². The highest BCUT2D eigenvalue weighted by molar-refractivity contribution is 5.67. The number of rotatable bonds is 0. The smallest absolute Gasteiger partial charge is 0.300 e. The van der Waals surface area contributed by atoms with Crippen molar-refractivity contribution in [2.45, 2.75) is 0 Å². The maximum Gasteiger partial charge on any atom is 0.343 e. The van der Waals surface area contributed by atoms with E-state index in [1.807, 2.05) is 0 Å². The Morgan fingerprint density at radius 1 is 1.13 bits per heavy atom. The summed E-state index contributed by atoms with van der Waals surface area (Å²) in [5, 5.41) is 8.46. The molecule has 2 aromatic rings. The van der Waals surface area contributed by atoms with E-state index in [4.69, 9.17) is 5.26 Å². The summed E-state index contributed by atoms with van der Waals surface area (Å²) < 4.78 is 0.312. The van der Waals surface area contributed by atoms with Gasteiger partial charge in [-0.15, -0.1) is 0 Å². The van der Waals surface area contributed by atoms with Crippen LogP contribution < -0.4 is 16.9 Å². The maximum absolute atomic E-state index is 11.3. The summed E-state index contributed by atoms with van der Waals surface area (Å²) in [5.74, 6) is 0. The maximum atomic E-state index is 11.3. The average molecular weight is 213 g/mol. The number of imidazole rings is 1. The number of fused-ring (bicyclic) bond motifs is 1. The summed E-state index contributed by atoms with van der Waals surface area (Å²) in [5.41, 5.74) is -2.51. The van der Waals surface area contributed by atoms with Gasteiger partial charge in [-0.1, -0.05) is 0 Å². The van der Waals surface area contributed by atoms with Crippen molar-refractivity contribution in [2.24, 2.45) is 0 Å². The molecule has 2 rings (SSSR count). The molecule has 2 aromatic heterocycles. The Balaban J connectivity index is 0.00000112. The van der Waals surface area contributed by atoms with Crippen LogP contribution in [-0.2, 0) is 0 Å². The molecule has 8 nitrogen and oxygen atoms in total. The number of hydrogen-bond donors (Lipinski definition) is 3. The normalized spacial score (nSPS) is 9.53. The number of nitriles is 1. The molecule has 0 unspecified atom stereocenters. The van der Waals surface area contributed by atoms with Crippen LogP contribution in [0.25, 0.3) is 11.2 Å². The third-order valence-corrected chi connectivity index (χ3v) is 1.68. The first-order valence-electron chi connectivity index (χ1n) is 3.51. The standard InChI is InChI=1S/C6H3N5O3.FH/c7-1-11-4(12)2-3(10-6(11)14)9-5(13)8-2;/h(H,10,14)(H2,8,9,13);1H. The fraction of sp³-hybridized carbons (Fsp3) is 0. The van der Waals surface area contributed by atoms with Gasteiger partial charge < -0.3 is 0 Å². The topological polar surface area (TPSA) is 127 Å². The molecule has 0 atom stereocenters. The molecule has 0 aromatic carbocycles. The van der Waals surface area contributed by atoms with Gasteiger partial charge in [0.1, 0.15) is 5.65 Å². The van der Waals surface area contributed by atoms with Crippen LogP contribution in [0.3, 0.4) is 0 Å². The Morgan fingerprint density at radius 3 is 2.40 bits per heavy atom. The minimum Gasteiger partial charge on any atom is -0.300 e. The van der Waals surface area contributed by atoms with E-state index in [1.165, 1.54) is 6.19 Å². The molecule has 0 amide bonds. The van der Waals surface area contributed by atoms with Gasteiger partial charge in [0.15, 0.2) is 11.7 Å². The number of hydrogen-bond acceptors (Lipinski definition) is 4. The first-order valence-corrected chi connectivity index (χ1v) is 3.51. The molecule has 0 saturated carbocycles. The van der Waals surface area contributed by atoms with E-state index in [2.05, 4.69) is 15.0 Å². The summed E-state index contributed by atoms with van der Waals surface area (Å²) in [7, 11) is 0. The Labute approximate surface area is 79.2 Å². The van der Waals surface area contributed by atoms with Crippen molar-refractivity contribution in [3.63, 3.8) is 0 Å². The molecule has 2 heterocycles. The lowest BCUT2D eigenvalue weighted by atomic mass is 10.5. The van der Waals surface area contributed by atoms with Gasteiger partial charge in [0.2, 0.25) is 0 Å². The second-order valence-corrected chi connectivity index (χ2v) is 2.50. The molecule has 0 aliphatic carbocycles. The Morgan fingerprint density at radius 2 is 1.80 bits per heavy atom. The highest BCUT2D eigenvalue weighted by Gasteiger charge is 2.08. The fourth-order valence-corrected chi connectivity index (χ4v) is 1.10. The molecule has 0 aliphatic rings. The van der Waals surface area contributed by atoms with Crippen molar-refractivity contribution < 1.29 is 4.70 Å². The second kappa shape index (κ2) is 3.26. The van der Waals surface area contributed by atoms with Gasteiger partial charge in [-0.3, -0.25) is 24.5 Å². The van der Waals surface area contributed by atoms with Gasteiger partial charge in [0.25, 0.3) is 5.56 Å². The van der Waals surface area contributed by atoms with Crippen molar-refractivity contribution in [2.75, 3.05) is 0 Å². The van der Waals surface area contributed by atoms with E-state index in [0.29, 0.717) is 4.57 Å². The summed E-state index contributed by atoms with van der Waals surface area (Å²) >= 11 is 0. The van der Waals surface area contributed by atoms with Crippen LogP contribution in [0, 0.1) is 11.5 Å². The van der Waals surface area contributed by atoms with Crippen LogP contribution in [0.5, 0.6) is 0 Å². The molecule has 0 fully saturated rings.